The topological polar surface area (TPSA) is 79.2 Å². The zero-order valence-corrected chi connectivity index (χ0v) is 19.5. The van der Waals surface area contributed by atoms with Crippen LogP contribution in [0.1, 0.15) is 30.4 Å². The van der Waals surface area contributed by atoms with E-state index >= 15 is 0 Å². The molecule has 0 saturated carbocycles. The molecule has 1 amide bonds. The van der Waals surface area contributed by atoms with Crippen LogP contribution in [0.4, 0.5) is 17.1 Å². The summed E-state index contributed by atoms with van der Waals surface area (Å²) in [7, 11) is 0. The summed E-state index contributed by atoms with van der Waals surface area (Å²) in [5.41, 5.74) is 4.03. The molecule has 0 bridgehead atoms. The van der Waals surface area contributed by atoms with Crippen molar-refractivity contribution < 1.29 is 14.5 Å². The lowest BCUT2D eigenvalue weighted by Gasteiger charge is -2.36. The van der Waals surface area contributed by atoms with Crippen molar-refractivity contribution in [2.75, 3.05) is 55.7 Å². The van der Waals surface area contributed by atoms with Crippen LogP contribution in [0, 0.1) is 24.0 Å². The molecule has 2 heterocycles. The van der Waals surface area contributed by atoms with Crippen LogP contribution in [-0.2, 0) is 4.79 Å². The standard InChI is InChI=1S/C25H32N4O4/c1-19-6-9-24(20(2)16-19)33-18-25(30)28-14-12-26(13-15-28)21-7-8-22(29(31)32)23(17-21)27-10-4-3-5-11-27/h6-9,16-17H,3-5,10-15,18H2,1-2H3. The van der Waals surface area contributed by atoms with E-state index < -0.39 is 0 Å². The molecule has 2 aliphatic rings. The number of piperazine rings is 1. The summed E-state index contributed by atoms with van der Waals surface area (Å²) in [4.78, 5) is 30.1. The van der Waals surface area contributed by atoms with E-state index in [0.29, 0.717) is 31.9 Å². The largest absolute Gasteiger partial charge is 0.484 e. The SMILES string of the molecule is Cc1ccc(OCC(=O)N2CCN(c3ccc([N+](=O)[O-])c(N4CCCCC4)c3)CC2)c(C)c1. The van der Waals surface area contributed by atoms with E-state index in [-0.39, 0.29) is 23.1 Å². The summed E-state index contributed by atoms with van der Waals surface area (Å²) in [6.45, 7) is 8.33. The number of aryl methyl sites for hydroxylation is 2. The smallest absolute Gasteiger partial charge is 0.292 e. The molecule has 0 atom stereocenters. The van der Waals surface area contributed by atoms with Gasteiger partial charge in [-0.25, -0.2) is 0 Å². The Morgan fingerprint density at radius 1 is 0.939 bits per heavy atom. The molecule has 0 spiro atoms. The fourth-order valence-electron chi connectivity index (χ4n) is 4.66. The summed E-state index contributed by atoms with van der Waals surface area (Å²) in [5, 5.41) is 11.6. The molecular weight excluding hydrogens is 420 g/mol. The maximum atomic E-state index is 12.7. The van der Waals surface area contributed by atoms with E-state index in [0.717, 1.165) is 48.5 Å². The van der Waals surface area contributed by atoms with Crippen molar-refractivity contribution in [2.45, 2.75) is 33.1 Å². The number of ether oxygens (including phenoxy) is 1. The highest BCUT2D eigenvalue weighted by Gasteiger charge is 2.26. The first-order chi connectivity index (χ1) is 15.9. The second kappa shape index (κ2) is 10.1. The molecule has 0 N–H and O–H groups in total. The van der Waals surface area contributed by atoms with Crippen molar-refractivity contribution >= 4 is 23.0 Å². The normalized spacial score (nSPS) is 16.6. The monoisotopic (exact) mass is 452 g/mol. The Morgan fingerprint density at radius 2 is 1.67 bits per heavy atom. The lowest BCUT2D eigenvalue weighted by molar-refractivity contribution is -0.384. The maximum absolute atomic E-state index is 12.7. The molecule has 8 nitrogen and oxygen atoms in total. The molecule has 2 saturated heterocycles. The van der Waals surface area contributed by atoms with Crippen LogP contribution >= 0.6 is 0 Å². The van der Waals surface area contributed by atoms with Gasteiger partial charge >= 0.3 is 0 Å². The summed E-state index contributed by atoms with van der Waals surface area (Å²) in [6, 6.07) is 11.3. The molecule has 8 heteroatoms. The van der Waals surface area contributed by atoms with Gasteiger partial charge in [0.2, 0.25) is 0 Å². The fraction of sp³-hybridized carbons (Fsp3) is 0.480. The number of rotatable bonds is 6. The Hall–Kier alpha value is -3.29. The lowest BCUT2D eigenvalue weighted by atomic mass is 10.1. The Labute approximate surface area is 194 Å². The van der Waals surface area contributed by atoms with Crippen molar-refractivity contribution in [3.63, 3.8) is 0 Å². The zero-order chi connectivity index (χ0) is 23.4. The number of piperidine rings is 1. The second-order valence-corrected chi connectivity index (χ2v) is 8.90. The Balaban J connectivity index is 1.37. The van der Waals surface area contributed by atoms with Crippen molar-refractivity contribution in [3.05, 3.63) is 57.6 Å². The highest BCUT2D eigenvalue weighted by molar-refractivity contribution is 5.78. The first-order valence-corrected chi connectivity index (χ1v) is 11.7. The first-order valence-electron chi connectivity index (χ1n) is 11.7. The predicted octanol–water partition coefficient (Wildman–Crippen LogP) is 3.93. The van der Waals surface area contributed by atoms with E-state index in [1.807, 2.05) is 49.1 Å². The van der Waals surface area contributed by atoms with Gasteiger partial charge < -0.3 is 19.4 Å². The minimum atomic E-state index is -0.292. The number of anilines is 2. The van der Waals surface area contributed by atoms with Gasteiger partial charge in [-0.3, -0.25) is 14.9 Å². The van der Waals surface area contributed by atoms with Crippen molar-refractivity contribution in [1.29, 1.82) is 0 Å². The Kier molecular flexibility index (Phi) is 7.01. The van der Waals surface area contributed by atoms with E-state index in [9.17, 15) is 14.9 Å². The summed E-state index contributed by atoms with van der Waals surface area (Å²) >= 11 is 0. The number of hydrogen-bond donors (Lipinski definition) is 0. The van der Waals surface area contributed by atoms with Gasteiger partial charge in [0.1, 0.15) is 11.4 Å². The molecule has 2 aliphatic heterocycles. The van der Waals surface area contributed by atoms with E-state index in [1.165, 1.54) is 6.42 Å². The van der Waals surface area contributed by atoms with Gasteiger partial charge in [0.25, 0.3) is 11.6 Å². The van der Waals surface area contributed by atoms with Crippen LogP contribution in [0.5, 0.6) is 5.75 Å². The molecule has 33 heavy (non-hydrogen) atoms. The molecule has 176 valence electrons. The third-order valence-electron chi connectivity index (χ3n) is 6.53. The van der Waals surface area contributed by atoms with Crippen molar-refractivity contribution in [1.82, 2.24) is 4.90 Å². The van der Waals surface area contributed by atoms with Gasteiger partial charge in [-0.15, -0.1) is 0 Å². The minimum absolute atomic E-state index is 0.0210. The number of hydrogen-bond acceptors (Lipinski definition) is 6. The minimum Gasteiger partial charge on any atom is -0.484 e. The highest BCUT2D eigenvalue weighted by Crippen LogP contribution is 2.34. The van der Waals surface area contributed by atoms with Crippen LogP contribution in [0.2, 0.25) is 0 Å². The molecule has 0 aliphatic carbocycles. The van der Waals surface area contributed by atoms with Gasteiger partial charge in [0, 0.05) is 51.0 Å². The van der Waals surface area contributed by atoms with E-state index in [4.69, 9.17) is 4.74 Å². The number of amides is 1. The lowest BCUT2D eigenvalue weighted by Crippen LogP contribution is -2.50. The van der Waals surface area contributed by atoms with Crippen molar-refractivity contribution in [3.8, 4) is 5.75 Å². The first kappa shape index (κ1) is 22.9. The summed E-state index contributed by atoms with van der Waals surface area (Å²) in [5.74, 6) is 0.719. The van der Waals surface area contributed by atoms with Crippen LogP contribution in [0.15, 0.2) is 36.4 Å². The van der Waals surface area contributed by atoms with Crippen LogP contribution in [-0.4, -0.2) is 61.6 Å². The number of nitrogens with zero attached hydrogens (tertiary/aromatic N) is 4. The third-order valence-corrected chi connectivity index (χ3v) is 6.53. The number of carbonyl (C=O) groups is 1. The second-order valence-electron chi connectivity index (χ2n) is 8.90. The van der Waals surface area contributed by atoms with Crippen LogP contribution < -0.4 is 14.5 Å². The van der Waals surface area contributed by atoms with Gasteiger partial charge in [0.05, 0.1) is 4.92 Å². The fourth-order valence-corrected chi connectivity index (χ4v) is 4.66. The predicted molar refractivity (Wildman–Crippen MR) is 129 cm³/mol. The van der Waals surface area contributed by atoms with Crippen molar-refractivity contribution in [2.24, 2.45) is 0 Å². The molecular formula is C25H32N4O4. The summed E-state index contributed by atoms with van der Waals surface area (Å²) < 4.78 is 5.76. The average Bonchev–Trinajstić information content (AvgIpc) is 2.83. The zero-order valence-electron chi connectivity index (χ0n) is 19.5. The highest BCUT2D eigenvalue weighted by atomic mass is 16.6. The van der Waals surface area contributed by atoms with Gasteiger partial charge in [0.15, 0.2) is 6.61 Å². The summed E-state index contributed by atoms with van der Waals surface area (Å²) in [6.07, 6.45) is 3.30. The average molecular weight is 453 g/mol. The molecule has 2 aromatic rings. The number of nitro groups is 1. The maximum Gasteiger partial charge on any atom is 0.292 e. The number of benzene rings is 2. The van der Waals surface area contributed by atoms with Gasteiger partial charge in [-0.05, 0) is 56.9 Å². The van der Waals surface area contributed by atoms with E-state index in [1.54, 1.807) is 6.07 Å². The molecule has 4 rings (SSSR count). The number of nitro benzene ring substituents is 1. The van der Waals surface area contributed by atoms with Crippen LogP contribution in [0.3, 0.4) is 0 Å². The quantitative estimate of drug-likeness (QED) is 0.488. The molecule has 2 fully saturated rings. The third kappa shape index (κ3) is 5.38. The van der Waals surface area contributed by atoms with E-state index in [2.05, 4.69) is 9.80 Å². The van der Waals surface area contributed by atoms with Crippen LogP contribution in [0.25, 0.3) is 0 Å². The molecule has 0 radical (unpaired) electrons. The molecule has 0 unspecified atom stereocenters. The Bertz CT molecular complexity index is 1010. The molecule has 2 aromatic carbocycles. The molecule has 0 aromatic heterocycles. The van der Waals surface area contributed by atoms with Gasteiger partial charge in [-0.2, -0.15) is 0 Å². The number of carbonyl (C=O) groups excluding carboxylic acids is 1. The Morgan fingerprint density at radius 3 is 2.33 bits per heavy atom. The van der Waals surface area contributed by atoms with Gasteiger partial charge in [-0.1, -0.05) is 17.7 Å².